The summed E-state index contributed by atoms with van der Waals surface area (Å²) < 4.78 is 5.11. The summed E-state index contributed by atoms with van der Waals surface area (Å²) in [6.45, 7) is 3.94. The number of amides is 1. The zero-order chi connectivity index (χ0) is 25.7. The lowest BCUT2D eigenvalue weighted by Gasteiger charge is -2.22. The minimum atomic E-state index is -0.413. The van der Waals surface area contributed by atoms with Crippen LogP contribution in [-0.2, 0) is 9.53 Å². The van der Waals surface area contributed by atoms with Crippen LogP contribution < -0.4 is 15.5 Å². The van der Waals surface area contributed by atoms with E-state index in [4.69, 9.17) is 4.74 Å². The summed E-state index contributed by atoms with van der Waals surface area (Å²) in [5.41, 5.74) is 5.83. The average Bonchev–Trinajstić information content (AvgIpc) is 3.21. The van der Waals surface area contributed by atoms with Crippen LogP contribution in [0.3, 0.4) is 0 Å². The van der Waals surface area contributed by atoms with Crippen molar-refractivity contribution < 1.29 is 14.3 Å². The standard InChI is InChI=1S/C29H32N4O3/c1-5-36-29(35)21-11-16-24-25(19-21)31-28(34)26(24)27(20-9-7-6-8-10-20)30-22-12-14-23(15-13-22)33(4)18-17-32(2)3/h6-16,19,30H,5,17-18H2,1-4H3,(H,31,34). The van der Waals surface area contributed by atoms with E-state index in [-0.39, 0.29) is 5.91 Å². The average molecular weight is 485 g/mol. The zero-order valence-electron chi connectivity index (χ0n) is 21.2. The first-order chi connectivity index (χ1) is 17.4. The number of nitrogens with zero attached hydrogens (tertiary/aromatic N) is 2. The van der Waals surface area contributed by atoms with E-state index < -0.39 is 5.97 Å². The van der Waals surface area contributed by atoms with E-state index in [1.807, 2.05) is 42.5 Å². The van der Waals surface area contributed by atoms with Gasteiger partial charge in [0.05, 0.1) is 29.1 Å². The summed E-state index contributed by atoms with van der Waals surface area (Å²) in [7, 11) is 6.20. The van der Waals surface area contributed by atoms with E-state index in [0.29, 0.717) is 29.1 Å². The van der Waals surface area contributed by atoms with Gasteiger partial charge in [0, 0.05) is 37.1 Å². The number of carbonyl (C=O) groups is 2. The second-order valence-corrected chi connectivity index (χ2v) is 8.95. The Labute approximate surface area is 212 Å². The Morgan fingerprint density at radius 2 is 1.64 bits per heavy atom. The van der Waals surface area contributed by atoms with Crippen LogP contribution in [-0.4, -0.2) is 57.6 Å². The van der Waals surface area contributed by atoms with Gasteiger partial charge in [0.1, 0.15) is 0 Å². The normalized spacial score (nSPS) is 13.8. The molecule has 0 aromatic heterocycles. The number of esters is 1. The van der Waals surface area contributed by atoms with E-state index in [9.17, 15) is 9.59 Å². The number of likely N-dealkylation sites (N-methyl/N-ethyl adjacent to an activating group) is 2. The van der Waals surface area contributed by atoms with Crippen LogP contribution in [0.15, 0.2) is 72.8 Å². The molecule has 0 radical (unpaired) electrons. The molecule has 36 heavy (non-hydrogen) atoms. The van der Waals surface area contributed by atoms with Crippen LogP contribution >= 0.6 is 0 Å². The maximum atomic E-state index is 13.2. The highest BCUT2D eigenvalue weighted by atomic mass is 16.5. The Bertz CT molecular complexity index is 1270. The Kier molecular flexibility index (Phi) is 7.71. The van der Waals surface area contributed by atoms with Gasteiger partial charge in [-0.15, -0.1) is 0 Å². The van der Waals surface area contributed by atoms with E-state index in [1.165, 1.54) is 0 Å². The molecule has 186 valence electrons. The largest absolute Gasteiger partial charge is 0.462 e. The number of ether oxygens (including phenoxy) is 1. The van der Waals surface area contributed by atoms with Crippen molar-refractivity contribution in [1.82, 2.24) is 4.90 Å². The van der Waals surface area contributed by atoms with Crippen molar-refractivity contribution in [2.24, 2.45) is 0 Å². The van der Waals surface area contributed by atoms with Crippen molar-refractivity contribution >= 4 is 40.2 Å². The zero-order valence-corrected chi connectivity index (χ0v) is 21.2. The third-order valence-corrected chi connectivity index (χ3v) is 6.05. The SMILES string of the molecule is CCOC(=O)c1ccc2c(c1)NC(=O)C2=C(Nc1ccc(N(C)CCN(C)C)cc1)c1ccccc1. The van der Waals surface area contributed by atoms with Gasteiger partial charge in [0.15, 0.2) is 0 Å². The molecular weight excluding hydrogens is 452 g/mol. The fourth-order valence-electron chi connectivity index (χ4n) is 4.07. The summed E-state index contributed by atoms with van der Waals surface area (Å²) in [6.07, 6.45) is 0. The molecule has 0 bridgehead atoms. The number of anilines is 3. The van der Waals surface area contributed by atoms with E-state index in [0.717, 1.165) is 35.6 Å². The van der Waals surface area contributed by atoms with Gasteiger partial charge in [-0.25, -0.2) is 4.79 Å². The highest BCUT2D eigenvalue weighted by Crippen LogP contribution is 2.38. The molecule has 0 unspecified atom stereocenters. The number of hydrogen-bond donors (Lipinski definition) is 2. The Morgan fingerprint density at radius 1 is 0.917 bits per heavy atom. The van der Waals surface area contributed by atoms with Gasteiger partial charge in [-0.1, -0.05) is 36.4 Å². The van der Waals surface area contributed by atoms with Crippen molar-refractivity contribution in [2.45, 2.75) is 6.92 Å². The molecule has 0 fully saturated rings. The lowest BCUT2D eigenvalue weighted by atomic mass is 9.99. The molecule has 7 nitrogen and oxygen atoms in total. The highest BCUT2D eigenvalue weighted by Gasteiger charge is 2.29. The molecule has 1 aliphatic heterocycles. The van der Waals surface area contributed by atoms with Gasteiger partial charge in [-0.05, 0) is 63.0 Å². The van der Waals surface area contributed by atoms with Crippen LogP contribution in [0.1, 0.15) is 28.4 Å². The number of fused-ring (bicyclic) bond motifs is 1. The molecule has 0 saturated heterocycles. The molecule has 0 spiro atoms. The van der Waals surface area contributed by atoms with Crippen molar-refractivity contribution in [2.75, 3.05) is 56.4 Å². The van der Waals surface area contributed by atoms with Crippen LogP contribution in [0.4, 0.5) is 17.1 Å². The van der Waals surface area contributed by atoms with Crippen LogP contribution in [0.25, 0.3) is 11.3 Å². The van der Waals surface area contributed by atoms with Gasteiger partial charge in [-0.3, -0.25) is 4.79 Å². The lowest BCUT2D eigenvalue weighted by Crippen LogP contribution is -2.28. The van der Waals surface area contributed by atoms with Crippen molar-refractivity contribution in [3.63, 3.8) is 0 Å². The molecule has 4 rings (SSSR count). The van der Waals surface area contributed by atoms with Gasteiger partial charge >= 0.3 is 5.97 Å². The first-order valence-electron chi connectivity index (χ1n) is 12.0. The second-order valence-electron chi connectivity index (χ2n) is 8.95. The molecule has 1 heterocycles. The van der Waals surface area contributed by atoms with E-state index in [1.54, 1.807) is 25.1 Å². The number of benzene rings is 3. The molecule has 0 saturated carbocycles. The van der Waals surface area contributed by atoms with E-state index in [2.05, 4.69) is 53.7 Å². The quantitative estimate of drug-likeness (QED) is 0.336. The van der Waals surface area contributed by atoms with Crippen molar-refractivity contribution in [1.29, 1.82) is 0 Å². The minimum Gasteiger partial charge on any atom is -0.462 e. The molecule has 1 aliphatic rings. The lowest BCUT2D eigenvalue weighted by molar-refractivity contribution is -0.110. The molecule has 3 aromatic carbocycles. The first-order valence-corrected chi connectivity index (χ1v) is 12.0. The number of carbonyl (C=O) groups excluding carboxylic acids is 2. The molecular formula is C29H32N4O3. The monoisotopic (exact) mass is 484 g/mol. The number of nitrogens with one attached hydrogen (secondary N) is 2. The first kappa shape index (κ1) is 25.0. The smallest absolute Gasteiger partial charge is 0.338 e. The molecule has 0 aliphatic carbocycles. The summed E-state index contributed by atoms with van der Waals surface area (Å²) in [5, 5.41) is 6.40. The summed E-state index contributed by atoms with van der Waals surface area (Å²) in [5.74, 6) is -0.638. The van der Waals surface area contributed by atoms with Crippen LogP contribution in [0.2, 0.25) is 0 Å². The van der Waals surface area contributed by atoms with Gasteiger partial charge in [0.25, 0.3) is 5.91 Å². The number of rotatable bonds is 9. The summed E-state index contributed by atoms with van der Waals surface area (Å²) >= 11 is 0. The molecule has 1 amide bonds. The van der Waals surface area contributed by atoms with Crippen LogP contribution in [0.5, 0.6) is 0 Å². The topological polar surface area (TPSA) is 73.9 Å². The fourth-order valence-corrected chi connectivity index (χ4v) is 4.07. The Hall–Kier alpha value is -4.10. The molecule has 0 atom stereocenters. The summed E-state index contributed by atoms with van der Waals surface area (Å²) in [4.78, 5) is 29.7. The highest BCUT2D eigenvalue weighted by molar-refractivity contribution is 6.37. The second kappa shape index (κ2) is 11.1. The maximum absolute atomic E-state index is 13.2. The molecule has 3 aromatic rings. The van der Waals surface area contributed by atoms with Gasteiger partial charge in [-0.2, -0.15) is 0 Å². The maximum Gasteiger partial charge on any atom is 0.338 e. The predicted octanol–water partition coefficient (Wildman–Crippen LogP) is 4.79. The number of hydrogen-bond acceptors (Lipinski definition) is 6. The van der Waals surface area contributed by atoms with E-state index >= 15 is 0 Å². The predicted molar refractivity (Wildman–Crippen MR) is 146 cm³/mol. The van der Waals surface area contributed by atoms with Crippen molar-refractivity contribution in [3.8, 4) is 0 Å². The third kappa shape index (κ3) is 5.58. The Balaban J connectivity index is 1.69. The summed E-state index contributed by atoms with van der Waals surface area (Å²) in [6, 6.07) is 23.1. The molecule has 7 heteroatoms. The minimum absolute atomic E-state index is 0.225. The van der Waals surface area contributed by atoms with Crippen LogP contribution in [0, 0.1) is 0 Å². The fraction of sp³-hybridized carbons (Fsp3) is 0.241. The van der Waals surface area contributed by atoms with Crippen molar-refractivity contribution in [3.05, 3.63) is 89.5 Å². The third-order valence-electron chi connectivity index (χ3n) is 6.05. The van der Waals surface area contributed by atoms with Gasteiger partial charge in [0.2, 0.25) is 0 Å². The Morgan fingerprint density at radius 3 is 2.31 bits per heavy atom. The molecule has 2 N–H and O–H groups in total. The van der Waals surface area contributed by atoms with Gasteiger partial charge < -0.3 is 25.2 Å².